The van der Waals surface area contributed by atoms with Gasteiger partial charge in [-0.1, -0.05) is 25.9 Å². The zero-order chi connectivity index (χ0) is 17.0. The van der Waals surface area contributed by atoms with Crippen molar-refractivity contribution in [1.82, 2.24) is 24.9 Å². The van der Waals surface area contributed by atoms with Crippen molar-refractivity contribution in [2.45, 2.75) is 39.3 Å². The largest absolute Gasteiger partial charge is 0.353 e. The van der Waals surface area contributed by atoms with E-state index in [1.54, 1.807) is 7.05 Å². The summed E-state index contributed by atoms with van der Waals surface area (Å²) in [4.78, 5) is 10.8. The van der Waals surface area contributed by atoms with Gasteiger partial charge in [0.25, 0.3) is 0 Å². The van der Waals surface area contributed by atoms with E-state index < -0.39 is 0 Å². The normalized spacial score (nSPS) is 12.0. The molecular formula is C16H27IN6O. The van der Waals surface area contributed by atoms with E-state index in [0.29, 0.717) is 18.3 Å². The van der Waals surface area contributed by atoms with Crippen molar-refractivity contribution in [2.75, 3.05) is 14.1 Å². The van der Waals surface area contributed by atoms with Gasteiger partial charge in [0.05, 0.1) is 13.1 Å². The van der Waals surface area contributed by atoms with Crippen LogP contribution >= 0.6 is 24.0 Å². The highest BCUT2D eigenvalue weighted by Gasteiger charge is 2.21. The molecule has 0 spiro atoms. The maximum absolute atomic E-state index is 5.30. The Kier molecular flexibility index (Phi) is 7.25. The van der Waals surface area contributed by atoms with Gasteiger partial charge in [-0.05, 0) is 12.1 Å². The van der Waals surface area contributed by atoms with Gasteiger partial charge in [0.2, 0.25) is 5.89 Å². The van der Waals surface area contributed by atoms with Crippen molar-refractivity contribution < 1.29 is 4.52 Å². The summed E-state index contributed by atoms with van der Waals surface area (Å²) in [5, 5.41) is 7.28. The summed E-state index contributed by atoms with van der Waals surface area (Å²) in [6.07, 6.45) is 2.03. The molecule has 0 radical (unpaired) electrons. The topological polar surface area (TPSA) is 71.5 Å². The second-order valence-electron chi connectivity index (χ2n) is 6.63. The molecule has 8 heteroatoms. The molecule has 0 saturated heterocycles. The van der Waals surface area contributed by atoms with Gasteiger partial charge in [-0.3, -0.25) is 4.99 Å². The monoisotopic (exact) mass is 446 g/mol. The molecule has 134 valence electrons. The lowest BCUT2D eigenvalue weighted by Gasteiger charge is -2.21. The Bertz CT molecular complexity index is 670. The summed E-state index contributed by atoms with van der Waals surface area (Å²) in [6, 6.07) is 4.13. The van der Waals surface area contributed by atoms with Gasteiger partial charge < -0.3 is 19.3 Å². The second kappa shape index (κ2) is 8.50. The number of hydrogen-bond acceptors (Lipinski definition) is 4. The minimum atomic E-state index is -0.143. The van der Waals surface area contributed by atoms with E-state index in [-0.39, 0.29) is 29.4 Å². The third-order valence-electron chi connectivity index (χ3n) is 3.54. The van der Waals surface area contributed by atoms with Crippen LogP contribution in [0.4, 0.5) is 0 Å². The highest BCUT2D eigenvalue weighted by molar-refractivity contribution is 14.0. The molecule has 0 aliphatic rings. The van der Waals surface area contributed by atoms with Crippen molar-refractivity contribution in [1.29, 1.82) is 0 Å². The summed E-state index contributed by atoms with van der Waals surface area (Å²) in [7, 11) is 5.80. The number of hydrogen-bond donors (Lipinski definition) is 1. The SMILES string of the molecule is CN=C(NCc1noc(C(C)(C)C)n1)N(C)Cc1cccn1C.I. The second-order valence-corrected chi connectivity index (χ2v) is 6.63. The molecule has 2 aromatic rings. The van der Waals surface area contributed by atoms with Crippen LogP contribution in [-0.4, -0.2) is 39.7 Å². The van der Waals surface area contributed by atoms with Crippen molar-refractivity contribution in [3.8, 4) is 0 Å². The molecule has 0 unspecified atom stereocenters. The summed E-state index contributed by atoms with van der Waals surface area (Å²) in [6.45, 7) is 7.38. The summed E-state index contributed by atoms with van der Waals surface area (Å²) < 4.78 is 7.39. The number of aliphatic imine (C=N–C) groups is 1. The molecule has 2 heterocycles. The number of rotatable bonds is 4. The van der Waals surface area contributed by atoms with Gasteiger partial charge in [-0.2, -0.15) is 4.98 Å². The van der Waals surface area contributed by atoms with Crippen LogP contribution in [0.5, 0.6) is 0 Å². The van der Waals surface area contributed by atoms with E-state index in [0.717, 1.165) is 12.5 Å². The smallest absolute Gasteiger partial charge is 0.232 e. The van der Waals surface area contributed by atoms with Crippen molar-refractivity contribution in [3.63, 3.8) is 0 Å². The Balaban J connectivity index is 0.00000288. The zero-order valence-corrected chi connectivity index (χ0v) is 17.5. The van der Waals surface area contributed by atoms with Gasteiger partial charge in [0, 0.05) is 38.4 Å². The first kappa shape index (κ1) is 20.5. The quantitative estimate of drug-likeness (QED) is 0.444. The van der Waals surface area contributed by atoms with E-state index in [1.807, 2.05) is 47.1 Å². The van der Waals surface area contributed by atoms with Crippen LogP contribution in [0.25, 0.3) is 0 Å². The standard InChI is InChI=1S/C16H26N6O.HI/c1-16(2,3)14-19-13(20-23-14)10-18-15(17-4)22(6)11-12-8-7-9-21(12)5;/h7-9H,10-11H2,1-6H3,(H,17,18);1H. The first-order valence-electron chi connectivity index (χ1n) is 7.66. The van der Waals surface area contributed by atoms with Crippen molar-refractivity contribution in [3.05, 3.63) is 35.7 Å². The highest BCUT2D eigenvalue weighted by Crippen LogP contribution is 2.19. The van der Waals surface area contributed by atoms with Crippen LogP contribution < -0.4 is 5.32 Å². The van der Waals surface area contributed by atoms with Gasteiger partial charge in [0.15, 0.2) is 11.8 Å². The van der Waals surface area contributed by atoms with Gasteiger partial charge in [0.1, 0.15) is 0 Å². The van der Waals surface area contributed by atoms with E-state index in [9.17, 15) is 0 Å². The van der Waals surface area contributed by atoms with E-state index in [2.05, 4.69) is 36.0 Å². The summed E-state index contributed by atoms with van der Waals surface area (Å²) in [5.41, 5.74) is 1.07. The first-order chi connectivity index (χ1) is 10.8. The number of halogens is 1. The Morgan fingerprint density at radius 2 is 2.12 bits per heavy atom. The molecule has 24 heavy (non-hydrogen) atoms. The lowest BCUT2D eigenvalue weighted by molar-refractivity contribution is 0.318. The fourth-order valence-corrected chi connectivity index (χ4v) is 2.15. The van der Waals surface area contributed by atoms with Gasteiger partial charge in [-0.15, -0.1) is 24.0 Å². The van der Waals surface area contributed by atoms with Crippen LogP contribution in [0.3, 0.4) is 0 Å². The molecule has 0 fully saturated rings. The number of guanidine groups is 1. The highest BCUT2D eigenvalue weighted by atomic mass is 127. The van der Waals surface area contributed by atoms with E-state index >= 15 is 0 Å². The fourth-order valence-electron chi connectivity index (χ4n) is 2.15. The molecular weight excluding hydrogens is 419 g/mol. The fraction of sp³-hybridized carbons (Fsp3) is 0.562. The lowest BCUT2D eigenvalue weighted by Crippen LogP contribution is -2.38. The zero-order valence-electron chi connectivity index (χ0n) is 15.2. The first-order valence-corrected chi connectivity index (χ1v) is 7.66. The predicted molar refractivity (Wildman–Crippen MR) is 105 cm³/mol. The Labute approximate surface area is 160 Å². The van der Waals surface area contributed by atoms with Gasteiger partial charge in [-0.25, -0.2) is 0 Å². The molecule has 0 aliphatic heterocycles. The Morgan fingerprint density at radius 1 is 1.42 bits per heavy atom. The molecule has 2 aromatic heterocycles. The minimum absolute atomic E-state index is 0. The number of aryl methyl sites for hydroxylation is 1. The maximum atomic E-state index is 5.30. The van der Waals surface area contributed by atoms with Crippen molar-refractivity contribution in [2.24, 2.45) is 12.0 Å². The molecule has 0 bridgehead atoms. The Hall–Kier alpha value is -1.58. The van der Waals surface area contributed by atoms with Crippen LogP contribution in [0.2, 0.25) is 0 Å². The summed E-state index contributed by atoms with van der Waals surface area (Å²) in [5.74, 6) is 2.05. The van der Waals surface area contributed by atoms with Gasteiger partial charge >= 0.3 is 0 Å². The third-order valence-corrected chi connectivity index (χ3v) is 3.54. The molecule has 0 aromatic carbocycles. The molecule has 2 rings (SSSR count). The lowest BCUT2D eigenvalue weighted by atomic mass is 9.97. The van der Waals surface area contributed by atoms with Crippen LogP contribution in [0, 0.1) is 0 Å². The molecule has 0 saturated carbocycles. The number of aromatic nitrogens is 3. The van der Waals surface area contributed by atoms with E-state index in [4.69, 9.17) is 4.52 Å². The molecule has 0 amide bonds. The predicted octanol–water partition coefficient (Wildman–Crippen LogP) is 2.53. The van der Waals surface area contributed by atoms with Crippen LogP contribution in [0.15, 0.2) is 27.8 Å². The average Bonchev–Trinajstić information content (AvgIpc) is 3.09. The van der Waals surface area contributed by atoms with Crippen molar-refractivity contribution >= 4 is 29.9 Å². The number of nitrogens with zero attached hydrogens (tertiary/aromatic N) is 5. The van der Waals surface area contributed by atoms with E-state index in [1.165, 1.54) is 5.69 Å². The maximum Gasteiger partial charge on any atom is 0.232 e. The van der Waals surface area contributed by atoms with Crippen LogP contribution in [-0.2, 0) is 25.6 Å². The minimum Gasteiger partial charge on any atom is -0.353 e. The third kappa shape index (κ3) is 5.22. The average molecular weight is 446 g/mol. The molecule has 1 N–H and O–H groups in total. The molecule has 7 nitrogen and oxygen atoms in total. The number of nitrogens with one attached hydrogen (secondary N) is 1. The Morgan fingerprint density at radius 3 is 2.62 bits per heavy atom. The molecule has 0 aliphatic carbocycles. The summed E-state index contributed by atoms with van der Waals surface area (Å²) >= 11 is 0. The van der Waals surface area contributed by atoms with Crippen LogP contribution in [0.1, 0.15) is 38.2 Å². The molecule has 0 atom stereocenters.